The lowest BCUT2D eigenvalue weighted by Gasteiger charge is -2.33. The highest BCUT2D eigenvalue weighted by molar-refractivity contribution is 5.91. The molecule has 0 unspecified atom stereocenters. The Morgan fingerprint density at radius 1 is 1.14 bits per heavy atom. The first kappa shape index (κ1) is 13.9. The SMILES string of the molecule is O=C(NC[C@H](c1ccco1)N1CCCCC1)c1ccco1. The maximum atomic E-state index is 12.0. The van der Waals surface area contributed by atoms with E-state index in [1.165, 1.54) is 25.5 Å². The molecule has 3 rings (SSSR count). The van der Waals surface area contributed by atoms with Crippen molar-refractivity contribution in [2.24, 2.45) is 0 Å². The van der Waals surface area contributed by atoms with Gasteiger partial charge >= 0.3 is 0 Å². The third-order valence-corrected chi connectivity index (χ3v) is 3.90. The maximum absolute atomic E-state index is 12.0. The zero-order valence-corrected chi connectivity index (χ0v) is 12.0. The number of furan rings is 2. The quantitative estimate of drug-likeness (QED) is 0.919. The Balaban J connectivity index is 1.66. The van der Waals surface area contributed by atoms with E-state index in [1.807, 2.05) is 12.1 Å². The van der Waals surface area contributed by atoms with Gasteiger partial charge in [-0.1, -0.05) is 6.42 Å². The number of hydrogen-bond acceptors (Lipinski definition) is 4. The number of carbonyl (C=O) groups excluding carboxylic acids is 1. The van der Waals surface area contributed by atoms with Crippen LogP contribution < -0.4 is 5.32 Å². The largest absolute Gasteiger partial charge is 0.468 e. The van der Waals surface area contributed by atoms with Gasteiger partial charge < -0.3 is 14.2 Å². The van der Waals surface area contributed by atoms with Crippen molar-refractivity contribution < 1.29 is 13.6 Å². The van der Waals surface area contributed by atoms with E-state index in [9.17, 15) is 4.79 Å². The second kappa shape index (κ2) is 6.63. The number of carbonyl (C=O) groups is 1. The number of rotatable bonds is 5. The summed E-state index contributed by atoms with van der Waals surface area (Å²) in [6, 6.07) is 7.32. The topological polar surface area (TPSA) is 58.6 Å². The highest BCUT2D eigenvalue weighted by Gasteiger charge is 2.25. The Morgan fingerprint density at radius 2 is 1.90 bits per heavy atom. The van der Waals surface area contributed by atoms with Crippen LogP contribution in [0.25, 0.3) is 0 Å². The highest BCUT2D eigenvalue weighted by Crippen LogP contribution is 2.24. The number of hydrogen-bond donors (Lipinski definition) is 1. The van der Waals surface area contributed by atoms with Gasteiger partial charge in [-0.3, -0.25) is 9.69 Å². The molecule has 112 valence electrons. The summed E-state index contributed by atoms with van der Waals surface area (Å²) in [5.41, 5.74) is 0. The van der Waals surface area contributed by atoms with Crippen molar-refractivity contribution in [3.05, 3.63) is 48.3 Å². The molecule has 1 N–H and O–H groups in total. The van der Waals surface area contributed by atoms with Crippen LogP contribution in [0.2, 0.25) is 0 Å². The van der Waals surface area contributed by atoms with E-state index in [0.29, 0.717) is 12.3 Å². The number of nitrogens with zero attached hydrogens (tertiary/aromatic N) is 1. The molecule has 1 saturated heterocycles. The molecule has 3 heterocycles. The van der Waals surface area contributed by atoms with Crippen LogP contribution in [0.3, 0.4) is 0 Å². The number of amides is 1. The average Bonchev–Trinajstić information content (AvgIpc) is 3.22. The van der Waals surface area contributed by atoms with Gasteiger partial charge in [-0.05, 0) is 50.2 Å². The molecular formula is C16H20N2O3. The van der Waals surface area contributed by atoms with E-state index in [-0.39, 0.29) is 11.9 Å². The van der Waals surface area contributed by atoms with E-state index in [4.69, 9.17) is 8.83 Å². The summed E-state index contributed by atoms with van der Waals surface area (Å²) < 4.78 is 10.7. The maximum Gasteiger partial charge on any atom is 0.287 e. The summed E-state index contributed by atoms with van der Waals surface area (Å²) in [5, 5.41) is 2.94. The Kier molecular flexibility index (Phi) is 4.40. The minimum Gasteiger partial charge on any atom is -0.468 e. The van der Waals surface area contributed by atoms with Crippen LogP contribution in [0.1, 0.15) is 41.6 Å². The predicted octanol–water partition coefficient (Wildman–Crippen LogP) is 2.83. The minimum absolute atomic E-state index is 0.0826. The summed E-state index contributed by atoms with van der Waals surface area (Å²) in [7, 11) is 0. The molecule has 2 aromatic heterocycles. The fourth-order valence-electron chi connectivity index (χ4n) is 2.80. The Morgan fingerprint density at radius 3 is 2.57 bits per heavy atom. The molecule has 0 aromatic carbocycles. The molecular weight excluding hydrogens is 268 g/mol. The van der Waals surface area contributed by atoms with Crippen molar-refractivity contribution in [1.29, 1.82) is 0 Å². The fourth-order valence-corrected chi connectivity index (χ4v) is 2.80. The second-order valence-corrected chi connectivity index (χ2v) is 5.32. The predicted molar refractivity (Wildman–Crippen MR) is 77.9 cm³/mol. The Bertz CT molecular complexity index is 542. The van der Waals surface area contributed by atoms with E-state index in [2.05, 4.69) is 10.2 Å². The van der Waals surface area contributed by atoms with E-state index < -0.39 is 0 Å². The minimum atomic E-state index is -0.187. The molecule has 0 saturated carbocycles. The first-order valence-corrected chi connectivity index (χ1v) is 7.44. The van der Waals surface area contributed by atoms with Gasteiger partial charge in [-0.2, -0.15) is 0 Å². The second-order valence-electron chi connectivity index (χ2n) is 5.32. The third-order valence-electron chi connectivity index (χ3n) is 3.90. The van der Waals surface area contributed by atoms with Gasteiger partial charge in [-0.25, -0.2) is 0 Å². The Labute approximate surface area is 123 Å². The molecule has 1 amide bonds. The van der Waals surface area contributed by atoms with Crippen LogP contribution in [-0.2, 0) is 0 Å². The molecule has 5 nitrogen and oxygen atoms in total. The molecule has 0 bridgehead atoms. The van der Waals surface area contributed by atoms with Crippen molar-refractivity contribution in [2.45, 2.75) is 25.3 Å². The van der Waals surface area contributed by atoms with Crippen LogP contribution in [0.5, 0.6) is 0 Å². The van der Waals surface area contributed by atoms with Crippen molar-refractivity contribution in [1.82, 2.24) is 10.2 Å². The molecule has 1 aliphatic rings. The van der Waals surface area contributed by atoms with Crippen LogP contribution in [-0.4, -0.2) is 30.4 Å². The van der Waals surface area contributed by atoms with Gasteiger partial charge in [0.25, 0.3) is 5.91 Å². The van der Waals surface area contributed by atoms with Crippen LogP contribution in [0.15, 0.2) is 45.6 Å². The molecule has 1 atom stereocenters. The monoisotopic (exact) mass is 288 g/mol. The Hall–Kier alpha value is -2.01. The van der Waals surface area contributed by atoms with Crippen molar-refractivity contribution in [3.63, 3.8) is 0 Å². The fraction of sp³-hybridized carbons (Fsp3) is 0.438. The smallest absolute Gasteiger partial charge is 0.287 e. The van der Waals surface area contributed by atoms with Crippen LogP contribution in [0.4, 0.5) is 0 Å². The van der Waals surface area contributed by atoms with E-state index >= 15 is 0 Å². The van der Waals surface area contributed by atoms with Crippen molar-refractivity contribution >= 4 is 5.91 Å². The zero-order chi connectivity index (χ0) is 14.5. The summed E-state index contributed by atoms with van der Waals surface area (Å²) in [6.45, 7) is 2.61. The number of nitrogens with one attached hydrogen (secondary N) is 1. The van der Waals surface area contributed by atoms with Gasteiger partial charge in [0, 0.05) is 6.54 Å². The summed E-state index contributed by atoms with van der Waals surface area (Å²) in [6.07, 6.45) is 6.86. The molecule has 2 aromatic rings. The molecule has 1 fully saturated rings. The third kappa shape index (κ3) is 3.36. The highest BCUT2D eigenvalue weighted by atomic mass is 16.3. The molecule has 0 radical (unpaired) electrons. The number of piperidine rings is 1. The molecule has 1 aliphatic heterocycles. The standard InChI is InChI=1S/C16H20N2O3/c19-16(15-7-5-11-21-15)17-12-13(14-6-4-10-20-14)18-8-2-1-3-9-18/h4-7,10-11,13H,1-3,8-9,12H2,(H,17,19)/t13-/m1/s1. The molecule has 0 aliphatic carbocycles. The lowest BCUT2D eigenvalue weighted by Crippen LogP contribution is -2.40. The normalized spacial score (nSPS) is 17.5. The zero-order valence-electron chi connectivity index (χ0n) is 12.0. The van der Waals surface area contributed by atoms with E-state index in [1.54, 1.807) is 18.4 Å². The molecule has 0 spiro atoms. The van der Waals surface area contributed by atoms with Crippen LogP contribution >= 0.6 is 0 Å². The van der Waals surface area contributed by atoms with Gasteiger partial charge in [0.05, 0.1) is 18.6 Å². The first-order chi connectivity index (χ1) is 10.3. The van der Waals surface area contributed by atoms with Gasteiger partial charge in [0.2, 0.25) is 0 Å². The molecule has 21 heavy (non-hydrogen) atoms. The lowest BCUT2D eigenvalue weighted by molar-refractivity contribution is 0.0887. The molecule has 5 heteroatoms. The summed E-state index contributed by atoms with van der Waals surface area (Å²) in [4.78, 5) is 14.4. The van der Waals surface area contributed by atoms with Gasteiger partial charge in [0.15, 0.2) is 5.76 Å². The summed E-state index contributed by atoms with van der Waals surface area (Å²) in [5.74, 6) is 1.05. The number of likely N-dealkylation sites (tertiary alicyclic amines) is 1. The van der Waals surface area contributed by atoms with Gasteiger partial charge in [-0.15, -0.1) is 0 Å². The first-order valence-electron chi connectivity index (χ1n) is 7.44. The summed E-state index contributed by atoms with van der Waals surface area (Å²) >= 11 is 0. The average molecular weight is 288 g/mol. The lowest BCUT2D eigenvalue weighted by atomic mass is 10.1. The van der Waals surface area contributed by atoms with Crippen molar-refractivity contribution in [2.75, 3.05) is 19.6 Å². The van der Waals surface area contributed by atoms with E-state index in [0.717, 1.165) is 18.8 Å². The van der Waals surface area contributed by atoms with Crippen molar-refractivity contribution in [3.8, 4) is 0 Å². The van der Waals surface area contributed by atoms with Crippen LogP contribution in [0, 0.1) is 0 Å². The van der Waals surface area contributed by atoms with Gasteiger partial charge in [0.1, 0.15) is 5.76 Å².